The van der Waals surface area contributed by atoms with E-state index in [2.05, 4.69) is 18.9 Å². The lowest BCUT2D eigenvalue weighted by Gasteiger charge is -2.25. The van der Waals surface area contributed by atoms with Gasteiger partial charge in [-0.25, -0.2) is 0 Å². The van der Waals surface area contributed by atoms with Gasteiger partial charge in [0.1, 0.15) is 0 Å². The number of unbranched alkanes of at least 4 members (excludes halogenated alkanes) is 3. The Bertz CT molecular complexity index is 218. The molecule has 1 aliphatic rings. The molecule has 1 amide bonds. The molecule has 1 saturated heterocycles. The number of hydrogen-bond donors (Lipinski definition) is 0. The zero-order chi connectivity index (χ0) is 12.0. The van der Waals surface area contributed by atoms with E-state index < -0.39 is 0 Å². The SMILES string of the molecule is CCCCCCN(C)C(=O)[C@@H]1CCCN1C. The van der Waals surface area contributed by atoms with Crippen molar-refractivity contribution < 1.29 is 4.79 Å². The monoisotopic (exact) mass is 226 g/mol. The number of hydrogen-bond acceptors (Lipinski definition) is 2. The van der Waals surface area contributed by atoms with Gasteiger partial charge in [0.15, 0.2) is 0 Å². The molecule has 1 fully saturated rings. The van der Waals surface area contributed by atoms with E-state index >= 15 is 0 Å². The molecule has 0 aromatic carbocycles. The van der Waals surface area contributed by atoms with Crippen LogP contribution >= 0.6 is 0 Å². The summed E-state index contributed by atoms with van der Waals surface area (Å²) in [6.07, 6.45) is 7.13. The molecule has 0 aromatic heterocycles. The fourth-order valence-corrected chi connectivity index (χ4v) is 2.36. The van der Waals surface area contributed by atoms with Crippen LogP contribution in [0.25, 0.3) is 0 Å². The van der Waals surface area contributed by atoms with E-state index in [0.717, 1.165) is 32.4 Å². The van der Waals surface area contributed by atoms with Crippen molar-refractivity contribution in [2.75, 3.05) is 27.2 Å². The van der Waals surface area contributed by atoms with Crippen molar-refractivity contribution >= 4 is 5.91 Å². The van der Waals surface area contributed by atoms with E-state index in [4.69, 9.17) is 0 Å². The zero-order valence-electron chi connectivity index (χ0n) is 11.0. The van der Waals surface area contributed by atoms with Crippen LogP contribution in [-0.2, 0) is 4.79 Å². The van der Waals surface area contributed by atoms with Crippen LogP contribution in [0, 0.1) is 0 Å². The third-order valence-corrected chi connectivity index (χ3v) is 3.53. The van der Waals surface area contributed by atoms with E-state index in [9.17, 15) is 4.79 Å². The van der Waals surface area contributed by atoms with Crippen LogP contribution in [0.4, 0.5) is 0 Å². The van der Waals surface area contributed by atoms with Gasteiger partial charge in [0, 0.05) is 13.6 Å². The summed E-state index contributed by atoms with van der Waals surface area (Å²) >= 11 is 0. The smallest absolute Gasteiger partial charge is 0.239 e. The van der Waals surface area contributed by atoms with Crippen LogP contribution in [0.2, 0.25) is 0 Å². The first-order valence-electron chi connectivity index (χ1n) is 6.62. The minimum absolute atomic E-state index is 0.149. The number of carbonyl (C=O) groups excluding carboxylic acids is 1. The summed E-state index contributed by atoms with van der Waals surface area (Å²) in [4.78, 5) is 16.2. The maximum atomic E-state index is 12.1. The summed E-state index contributed by atoms with van der Waals surface area (Å²) in [5.41, 5.74) is 0. The highest BCUT2D eigenvalue weighted by molar-refractivity contribution is 5.81. The Morgan fingerprint density at radius 1 is 1.38 bits per heavy atom. The Morgan fingerprint density at radius 2 is 2.12 bits per heavy atom. The van der Waals surface area contributed by atoms with E-state index in [1.807, 2.05) is 11.9 Å². The number of amides is 1. The Kier molecular flexibility index (Phi) is 5.81. The van der Waals surface area contributed by atoms with Crippen molar-refractivity contribution in [3.05, 3.63) is 0 Å². The lowest BCUT2D eigenvalue weighted by molar-refractivity contribution is -0.134. The molecule has 1 heterocycles. The van der Waals surface area contributed by atoms with Gasteiger partial charge in [-0.05, 0) is 32.9 Å². The molecule has 0 radical (unpaired) electrons. The average molecular weight is 226 g/mol. The minimum atomic E-state index is 0.149. The molecule has 0 aromatic rings. The van der Waals surface area contributed by atoms with E-state index in [1.54, 1.807) is 0 Å². The van der Waals surface area contributed by atoms with Crippen molar-refractivity contribution in [1.29, 1.82) is 0 Å². The molecule has 1 atom stereocenters. The normalized spacial score (nSPS) is 21.3. The second-order valence-electron chi connectivity index (χ2n) is 4.96. The molecule has 0 N–H and O–H groups in total. The van der Waals surface area contributed by atoms with Crippen LogP contribution in [0.5, 0.6) is 0 Å². The quantitative estimate of drug-likeness (QED) is 0.648. The second-order valence-corrected chi connectivity index (χ2v) is 4.96. The summed E-state index contributed by atoms with van der Waals surface area (Å²) in [6, 6.07) is 0.149. The van der Waals surface area contributed by atoms with Crippen LogP contribution < -0.4 is 0 Å². The summed E-state index contributed by atoms with van der Waals surface area (Å²) in [7, 11) is 4.00. The molecule has 16 heavy (non-hydrogen) atoms. The maximum Gasteiger partial charge on any atom is 0.239 e. The van der Waals surface area contributed by atoms with E-state index in [-0.39, 0.29) is 6.04 Å². The van der Waals surface area contributed by atoms with Crippen LogP contribution in [0.3, 0.4) is 0 Å². The van der Waals surface area contributed by atoms with Gasteiger partial charge in [0.2, 0.25) is 5.91 Å². The molecule has 0 unspecified atom stereocenters. The predicted molar refractivity (Wildman–Crippen MR) is 67.4 cm³/mol. The van der Waals surface area contributed by atoms with E-state index in [1.165, 1.54) is 19.3 Å². The van der Waals surface area contributed by atoms with Crippen LogP contribution in [0.15, 0.2) is 0 Å². The standard InChI is InChI=1S/C13H26N2O/c1-4-5-6-7-10-15(3)13(16)12-9-8-11-14(12)2/h12H,4-11H2,1-3H3/t12-/m0/s1. The molecule has 1 rings (SSSR count). The van der Waals surface area contributed by atoms with Gasteiger partial charge in [0.25, 0.3) is 0 Å². The predicted octanol–water partition coefficient (Wildman–Crippen LogP) is 2.12. The summed E-state index contributed by atoms with van der Waals surface area (Å²) < 4.78 is 0. The number of likely N-dealkylation sites (tertiary alicyclic amines) is 1. The number of rotatable bonds is 6. The largest absolute Gasteiger partial charge is 0.344 e. The Hall–Kier alpha value is -0.570. The van der Waals surface area contributed by atoms with Gasteiger partial charge in [-0.2, -0.15) is 0 Å². The first-order chi connectivity index (χ1) is 7.66. The molecule has 94 valence electrons. The highest BCUT2D eigenvalue weighted by Gasteiger charge is 2.29. The van der Waals surface area contributed by atoms with Gasteiger partial charge in [-0.15, -0.1) is 0 Å². The molecular formula is C13H26N2O. The van der Waals surface area contributed by atoms with Crippen molar-refractivity contribution in [2.24, 2.45) is 0 Å². The highest BCUT2D eigenvalue weighted by atomic mass is 16.2. The van der Waals surface area contributed by atoms with Gasteiger partial charge in [-0.3, -0.25) is 9.69 Å². The Labute approximate surface area is 99.8 Å². The molecule has 0 spiro atoms. The molecular weight excluding hydrogens is 200 g/mol. The molecule has 3 heteroatoms. The fraction of sp³-hybridized carbons (Fsp3) is 0.923. The Morgan fingerprint density at radius 3 is 2.69 bits per heavy atom. The highest BCUT2D eigenvalue weighted by Crippen LogP contribution is 2.16. The van der Waals surface area contributed by atoms with Gasteiger partial charge < -0.3 is 4.90 Å². The second kappa shape index (κ2) is 6.89. The van der Waals surface area contributed by atoms with Crippen LogP contribution in [0.1, 0.15) is 45.4 Å². The maximum absolute atomic E-state index is 12.1. The third kappa shape index (κ3) is 3.78. The first kappa shape index (κ1) is 13.5. The van der Waals surface area contributed by atoms with Crippen molar-refractivity contribution in [2.45, 2.75) is 51.5 Å². The zero-order valence-corrected chi connectivity index (χ0v) is 11.0. The van der Waals surface area contributed by atoms with Crippen molar-refractivity contribution in [3.63, 3.8) is 0 Å². The van der Waals surface area contributed by atoms with Crippen molar-refractivity contribution in [3.8, 4) is 0 Å². The van der Waals surface area contributed by atoms with Gasteiger partial charge in [0.05, 0.1) is 6.04 Å². The first-order valence-corrected chi connectivity index (χ1v) is 6.62. The fourth-order valence-electron chi connectivity index (χ4n) is 2.36. The lowest BCUT2D eigenvalue weighted by atomic mass is 10.1. The summed E-state index contributed by atoms with van der Waals surface area (Å²) in [5.74, 6) is 0.316. The van der Waals surface area contributed by atoms with Crippen LogP contribution in [-0.4, -0.2) is 48.9 Å². The van der Waals surface area contributed by atoms with Gasteiger partial charge >= 0.3 is 0 Å². The lowest BCUT2D eigenvalue weighted by Crippen LogP contribution is -2.42. The summed E-state index contributed by atoms with van der Waals surface area (Å²) in [6.45, 7) is 4.20. The number of carbonyl (C=O) groups is 1. The average Bonchev–Trinajstić information content (AvgIpc) is 2.69. The molecule has 3 nitrogen and oxygen atoms in total. The Balaban J connectivity index is 2.24. The molecule has 0 aliphatic carbocycles. The molecule has 0 saturated carbocycles. The molecule has 0 bridgehead atoms. The number of nitrogens with zero attached hydrogens (tertiary/aromatic N) is 2. The third-order valence-electron chi connectivity index (χ3n) is 3.53. The molecule has 1 aliphatic heterocycles. The topological polar surface area (TPSA) is 23.6 Å². The van der Waals surface area contributed by atoms with Gasteiger partial charge in [-0.1, -0.05) is 26.2 Å². The summed E-state index contributed by atoms with van der Waals surface area (Å²) in [5, 5.41) is 0. The van der Waals surface area contributed by atoms with Crippen molar-refractivity contribution in [1.82, 2.24) is 9.80 Å². The number of likely N-dealkylation sites (N-methyl/N-ethyl adjacent to an activating group) is 2. The van der Waals surface area contributed by atoms with E-state index in [0.29, 0.717) is 5.91 Å². The minimum Gasteiger partial charge on any atom is -0.344 e.